The van der Waals surface area contributed by atoms with Crippen LogP contribution < -0.4 is 14.8 Å². The fourth-order valence-corrected chi connectivity index (χ4v) is 4.05. The molecule has 1 N–H and O–H groups in total. The molecule has 7 heteroatoms. The number of ether oxygens (including phenoxy) is 2. The Labute approximate surface area is 186 Å². The Morgan fingerprint density at radius 3 is 2.61 bits per heavy atom. The molecule has 0 saturated heterocycles. The molecule has 0 atom stereocenters. The van der Waals surface area contributed by atoms with Crippen molar-refractivity contribution in [2.45, 2.75) is 32.7 Å². The predicted octanol–water partition coefficient (Wildman–Crippen LogP) is 5.25. The highest BCUT2D eigenvalue weighted by Gasteiger charge is 2.14. The SMILES string of the molecule is CCOc1ccc(OCC)c(NC(=O)CSc2nc3c(C)cc(C)cc3cc2C#N)c1. The summed E-state index contributed by atoms with van der Waals surface area (Å²) in [6, 6.07) is 13.4. The number of nitriles is 1. The molecule has 0 aliphatic rings. The summed E-state index contributed by atoms with van der Waals surface area (Å²) in [6.07, 6.45) is 0. The first-order chi connectivity index (χ1) is 14.9. The Balaban J connectivity index is 1.79. The minimum atomic E-state index is -0.217. The van der Waals surface area contributed by atoms with E-state index in [4.69, 9.17) is 9.47 Å². The van der Waals surface area contributed by atoms with Gasteiger partial charge >= 0.3 is 0 Å². The summed E-state index contributed by atoms with van der Waals surface area (Å²) in [5, 5.41) is 13.9. The number of anilines is 1. The van der Waals surface area contributed by atoms with Crippen LogP contribution in [-0.2, 0) is 4.79 Å². The Hall–Kier alpha value is -3.24. The van der Waals surface area contributed by atoms with Crippen LogP contribution in [0.2, 0.25) is 0 Å². The second-order valence-corrected chi connectivity index (χ2v) is 7.93. The largest absolute Gasteiger partial charge is 0.494 e. The van der Waals surface area contributed by atoms with Crippen LogP contribution >= 0.6 is 11.8 Å². The van der Waals surface area contributed by atoms with E-state index in [2.05, 4.69) is 22.4 Å². The highest BCUT2D eigenvalue weighted by Crippen LogP contribution is 2.31. The third-order valence-electron chi connectivity index (χ3n) is 4.51. The van der Waals surface area contributed by atoms with Gasteiger partial charge < -0.3 is 14.8 Å². The van der Waals surface area contributed by atoms with Crippen LogP contribution in [-0.4, -0.2) is 29.9 Å². The Morgan fingerprint density at radius 2 is 1.90 bits per heavy atom. The lowest BCUT2D eigenvalue weighted by atomic mass is 10.1. The summed E-state index contributed by atoms with van der Waals surface area (Å²) in [5.74, 6) is 1.13. The molecular weight excluding hydrogens is 410 g/mol. The van der Waals surface area contributed by atoms with E-state index in [1.54, 1.807) is 18.2 Å². The zero-order chi connectivity index (χ0) is 22.4. The normalized spacial score (nSPS) is 10.5. The van der Waals surface area contributed by atoms with Gasteiger partial charge in [0, 0.05) is 11.5 Å². The van der Waals surface area contributed by atoms with Gasteiger partial charge in [-0.15, -0.1) is 0 Å². The molecule has 0 unspecified atom stereocenters. The molecule has 6 nitrogen and oxygen atoms in total. The summed E-state index contributed by atoms with van der Waals surface area (Å²) in [6.45, 7) is 8.81. The van der Waals surface area contributed by atoms with E-state index in [0.717, 1.165) is 22.0 Å². The zero-order valence-corrected chi connectivity index (χ0v) is 18.9. The van der Waals surface area contributed by atoms with Gasteiger partial charge in [-0.3, -0.25) is 4.79 Å². The van der Waals surface area contributed by atoms with Crippen molar-refractivity contribution < 1.29 is 14.3 Å². The molecule has 3 aromatic rings. The number of hydrogen-bond donors (Lipinski definition) is 1. The number of rotatable bonds is 8. The van der Waals surface area contributed by atoms with E-state index in [0.29, 0.717) is 41.0 Å². The van der Waals surface area contributed by atoms with Gasteiger partial charge in [0.15, 0.2) is 0 Å². The number of carbonyl (C=O) groups is 1. The van der Waals surface area contributed by atoms with Gasteiger partial charge in [0.1, 0.15) is 22.6 Å². The highest BCUT2D eigenvalue weighted by molar-refractivity contribution is 8.00. The smallest absolute Gasteiger partial charge is 0.234 e. The number of amides is 1. The van der Waals surface area contributed by atoms with Crippen molar-refractivity contribution >= 4 is 34.3 Å². The molecule has 1 heterocycles. The minimum absolute atomic E-state index is 0.114. The number of aromatic nitrogens is 1. The first kappa shape index (κ1) is 22.4. The third-order valence-corrected chi connectivity index (χ3v) is 5.51. The van der Waals surface area contributed by atoms with E-state index in [1.165, 1.54) is 11.8 Å². The molecule has 0 bridgehead atoms. The molecule has 31 heavy (non-hydrogen) atoms. The van der Waals surface area contributed by atoms with Crippen LogP contribution in [0.1, 0.15) is 30.5 Å². The van der Waals surface area contributed by atoms with Crippen LogP contribution in [0.15, 0.2) is 41.4 Å². The zero-order valence-electron chi connectivity index (χ0n) is 18.1. The van der Waals surface area contributed by atoms with E-state index in [1.807, 2.05) is 39.8 Å². The average Bonchev–Trinajstić information content (AvgIpc) is 2.74. The van der Waals surface area contributed by atoms with Crippen LogP contribution in [0, 0.1) is 25.2 Å². The maximum atomic E-state index is 12.6. The van der Waals surface area contributed by atoms with Gasteiger partial charge in [-0.2, -0.15) is 5.26 Å². The molecule has 0 aliphatic carbocycles. The van der Waals surface area contributed by atoms with Crippen molar-refractivity contribution in [1.29, 1.82) is 5.26 Å². The standard InChI is InChI=1S/C24H25N3O3S/c1-5-29-19-7-8-21(30-6-2)20(12-19)26-22(28)14-31-24-18(13-25)11-17-10-15(3)9-16(4)23(17)27-24/h7-12H,5-6,14H2,1-4H3,(H,26,28). The first-order valence-corrected chi connectivity index (χ1v) is 11.1. The Bertz CT molecular complexity index is 1150. The van der Waals surface area contributed by atoms with Gasteiger partial charge in [0.25, 0.3) is 0 Å². The van der Waals surface area contributed by atoms with E-state index < -0.39 is 0 Å². The second-order valence-electron chi connectivity index (χ2n) is 6.97. The third kappa shape index (κ3) is 5.47. The minimum Gasteiger partial charge on any atom is -0.494 e. The number of nitrogens with zero attached hydrogens (tertiary/aromatic N) is 2. The van der Waals surface area contributed by atoms with E-state index >= 15 is 0 Å². The van der Waals surface area contributed by atoms with Crippen LogP contribution in [0.3, 0.4) is 0 Å². The highest BCUT2D eigenvalue weighted by atomic mass is 32.2. The lowest BCUT2D eigenvalue weighted by molar-refractivity contribution is -0.113. The summed E-state index contributed by atoms with van der Waals surface area (Å²) in [5.41, 5.74) is 4.02. The quantitative estimate of drug-likeness (QED) is 0.487. The molecule has 1 amide bonds. The molecule has 1 aromatic heterocycles. The summed E-state index contributed by atoms with van der Waals surface area (Å²) in [7, 11) is 0. The Morgan fingerprint density at radius 1 is 1.13 bits per heavy atom. The molecule has 0 fully saturated rings. The van der Waals surface area contributed by atoms with Crippen molar-refractivity contribution in [3.05, 3.63) is 53.1 Å². The summed E-state index contributed by atoms with van der Waals surface area (Å²) < 4.78 is 11.1. The molecule has 3 rings (SSSR count). The predicted molar refractivity (Wildman–Crippen MR) is 124 cm³/mol. The first-order valence-electron chi connectivity index (χ1n) is 10.1. The molecule has 2 aromatic carbocycles. The average molecular weight is 436 g/mol. The number of carbonyl (C=O) groups excluding carboxylic acids is 1. The maximum Gasteiger partial charge on any atom is 0.234 e. The van der Waals surface area contributed by atoms with Crippen LogP contribution in [0.25, 0.3) is 10.9 Å². The topological polar surface area (TPSA) is 84.2 Å². The number of fused-ring (bicyclic) bond motifs is 1. The number of thioether (sulfide) groups is 1. The summed E-state index contributed by atoms with van der Waals surface area (Å²) >= 11 is 1.24. The molecule has 0 radical (unpaired) electrons. The summed E-state index contributed by atoms with van der Waals surface area (Å²) in [4.78, 5) is 17.3. The molecule has 0 saturated carbocycles. The van der Waals surface area contributed by atoms with Gasteiger partial charge in [0.2, 0.25) is 5.91 Å². The lowest BCUT2D eigenvalue weighted by Gasteiger charge is -2.13. The van der Waals surface area contributed by atoms with Crippen molar-refractivity contribution in [2.75, 3.05) is 24.3 Å². The second kappa shape index (κ2) is 10.2. The lowest BCUT2D eigenvalue weighted by Crippen LogP contribution is -2.15. The molecule has 0 aliphatic heterocycles. The van der Waals surface area contributed by atoms with E-state index in [-0.39, 0.29) is 11.7 Å². The van der Waals surface area contributed by atoms with Gasteiger partial charge in [-0.1, -0.05) is 23.4 Å². The van der Waals surface area contributed by atoms with Gasteiger partial charge in [-0.05, 0) is 57.5 Å². The van der Waals surface area contributed by atoms with Crippen LogP contribution in [0.5, 0.6) is 11.5 Å². The molecule has 160 valence electrons. The van der Waals surface area contributed by atoms with Crippen molar-refractivity contribution in [2.24, 2.45) is 0 Å². The molecular formula is C24H25N3O3S. The number of hydrogen-bond acceptors (Lipinski definition) is 6. The maximum absolute atomic E-state index is 12.6. The van der Waals surface area contributed by atoms with Crippen molar-refractivity contribution in [3.63, 3.8) is 0 Å². The van der Waals surface area contributed by atoms with Gasteiger partial charge in [0.05, 0.1) is 35.7 Å². The van der Waals surface area contributed by atoms with E-state index in [9.17, 15) is 10.1 Å². The fourth-order valence-electron chi connectivity index (χ4n) is 3.29. The fraction of sp³-hybridized carbons (Fsp3) is 0.292. The monoisotopic (exact) mass is 435 g/mol. The van der Waals surface area contributed by atoms with Crippen LogP contribution in [0.4, 0.5) is 5.69 Å². The number of aryl methyl sites for hydroxylation is 2. The van der Waals surface area contributed by atoms with Crippen molar-refractivity contribution in [3.8, 4) is 17.6 Å². The Kier molecular flexibility index (Phi) is 7.37. The number of benzene rings is 2. The van der Waals surface area contributed by atoms with Gasteiger partial charge in [-0.25, -0.2) is 4.98 Å². The number of pyridine rings is 1. The molecule has 0 spiro atoms. The number of nitrogens with one attached hydrogen (secondary N) is 1. The van der Waals surface area contributed by atoms with Crippen molar-refractivity contribution in [1.82, 2.24) is 4.98 Å².